The van der Waals surface area contributed by atoms with Crippen molar-refractivity contribution < 1.29 is 19.7 Å². The van der Waals surface area contributed by atoms with Gasteiger partial charge in [0.1, 0.15) is 28.6 Å². The summed E-state index contributed by atoms with van der Waals surface area (Å²) in [7, 11) is 1.62. The first kappa shape index (κ1) is 21.4. The third kappa shape index (κ3) is 4.01. The Balaban J connectivity index is 1.45. The molecule has 34 heavy (non-hydrogen) atoms. The quantitative estimate of drug-likeness (QED) is 0.348. The van der Waals surface area contributed by atoms with Crippen molar-refractivity contribution in [2.75, 3.05) is 12.4 Å². The summed E-state index contributed by atoms with van der Waals surface area (Å²) in [6.45, 7) is 3.09. The molecule has 0 spiro atoms. The first-order valence-electron chi connectivity index (χ1n) is 10.7. The van der Waals surface area contributed by atoms with Gasteiger partial charge in [-0.05, 0) is 24.6 Å². The van der Waals surface area contributed by atoms with E-state index in [4.69, 9.17) is 4.74 Å². The van der Waals surface area contributed by atoms with Gasteiger partial charge in [-0.15, -0.1) is 0 Å². The highest BCUT2D eigenvalue weighted by Gasteiger charge is 2.29. The number of fused-ring (bicyclic) bond motifs is 1. The third-order valence-electron chi connectivity index (χ3n) is 5.78. The number of carbonyl (C=O) groups is 1. The number of nitrogens with one attached hydrogen (secondary N) is 2. The van der Waals surface area contributed by atoms with Crippen molar-refractivity contribution in [1.29, 1.82) is 0 Å². The van der Waals surface area contributed by atoms with Crippen LogP contribution >= 0.6 is 0 Å². The monoisotopic (exact) mass is 460 g/mol. The fourth-order valence-corrected chi connectivity index (χ4v) is 4.11. The van der Waals surface area contributed by atoms with Crippen LogP contribution in [0.4, 0.5) is 11.5 Å². The summed E-state index contributed by atoms with van der Waals surface area (Å²) in [5.74, 6) is 0.552. The summed E-state index contributed by atoms with van der Waals surface area (Å²) in [5, 5.41) is 35.4. The number of carbonyl (C=O) groups excluding carboxylic acids is 1. The zero-order valence-corrected chi connectivity index (χ0v) is 18.7. The highest BCUT2D eigenvalue weighted by atomic mass is 16.5. The molecule has 2 aromatic heterocycles. The Kier molecular flexibility index (Phi) is 5.33. The molecule has 4 N–H and O–H groups in total. The molecule has 0 aliphatic carbocycles. The predicted octanol–water partition coefficient (Wildman–Crippen LogP) is 3.28. The number of aromatic nitrogens is 4. The van der Waals surface area contributed by atoms with Gasteiger partial charge in [0.25, 0.3) is 5.91 Å². The smallest absolute Gasteiger partial charge is 0.260 e. The maximum absolute atomic E-state index is 13.4. The highest BCUT2D eigenvalue weighted by Crippen LogP contribution is 2.36. The highest BCUT2D eigenvalue weighted by molar-refractivity contribution is 6.03. The van der Waals surface area contributed by atoms with Crippen molar-refractivity contribution >= 4 is 17.4 Å². The molecule has 4 aromatic rings. The Morgan fingerprint density at radius 3 is 2.71 bits per heavy atom. The Bertz CT molecular complexity index is 1340. The van der Waals surface area contributed by atoms with Gasteiger partial charge in [0.2, 0.25) is 0 Å². The van der Waals surface area contributed by atoms with Crippen LogP contribution in [-0.4, -0.2) is 48.1 Å². The number of amides is 1. The van der Waals surface area contributed by atoms with Crippen LogP contribution in [0.2, 0.25) is 0 Å². The second-order valence-corrected chi connectivity index (χ2v) is 8.22. The van der Waals surface area contributed by atoms with Gasteiger partial charge >= 0.3 is 0 Å². The van der Waals surface area contributed by atoms with Crippen molar-refractivity contribution in [1.82, 2.24) is 24.9 Å². The molecule has 0 unspecified atom stereocenters. The number of aromatic amines is 1. The molecular weight excluding hydrogens is 436 g/mol. The minimum absolute atomic E-state index is 0.0748. The number of H-pyrrole nitrogens is 1. The van der Waals surface area contributed by atoms with E-state index in [1.807, 2.05) is 37.3 Å². The van der Waals surface area contributed by atoms with Crippen LogP contribution in [-0.2, 0) is 19.6 Å². The van der Waals surface area contributed by atoms with Crippen LogP contribution in [0.5, 0.6) is 17.2 Å². The predicted molar refractivity (Wildman–Crippen MR) is 124 cm³/mol. The molecule has 1 aliphatic rings. The van der Waals surface area contributed by atoms with Gasteiger partial charge in [-0.3, -0.25) is 9.89 Å². The number of aromatic hydroxyl groups is 2. The van der Waals surface area contributed by atoms with E-state index >= 15 is 0 Å². The zero-order valence-electron chi connectivity index (χ0n) is 18.7. The van der Waals surface area contributed by atoms with Gasteiger partial charge in [0.05, 0.1) is 43.5 Å². The summed E-state index contributed by atoms with van der Waals surface area (Å²) in [5.41, 5.74) is 3.95. The Morgan fingerprint density at radius 2 is 1.97 bits per heavy atom. The van der Waals surface area contributed by atoms with E-state index in [2.05, 4.69) is 20.6 Å². The van der Waals surface area contributed by atoms with E-state index in [1.165, 1.54) is 6.07 Å². The topological polar surface area (TPSA) is 129 Å². The van der Waals surface area contributed by atoms with E-state index < -0.39 is 0 Å². The average Bonchev–Trinajstić information content (AvgIpc) is 3.49. The molecule has 10 nitrogen and oxygen atoms in total. The molecule has 10 heteroatoms. The summed E-state index contributed by atoms with van der Waals surface area (Å²) < 4.78 is 6.98. The fraction of sp³-hybridized carbons (Fsp3) is 0.208. The number of rotatable bonds is 6. The number of methoxy groups -OCH3 is 1. The molecule has 2 aromatic carbocycles. The third-order valence-corrected chi connectivity index (χ3v) is 5.78. The Labute approximate surface area is 195 Å². The van der Waals surface area contributed by atoms with Crippen LogP contribution < -0.4 is 10.1 Å². The summed E-state index contributed by atoms with van der Waals surface area (Å²) in [4.78, 5) is 15.0. The van der Waals surface area contributed by atoms with Gasteiger partial charge in [-0.25, -0.2) is 4.68 Å². The molecule has 0 fully saturated rings. The number of phenolic OH excluding ortho intramolecular Hbond substituents is 2. The second kappa shape index (κ2) is 8.47. The van der Waals surface area contributed by atoms with Crippen molar-refractivity contribution in [3.05, 3.63) is 76.7 Å². The summed E-state index contributed by atoms with van der Waals surface area (Å²) in [6.07, 6.45) is 1.69. The molecule has 0 bridgehead atoms. The molecule has 3 heterocycles. The Morgan fingerprint density at radius 1 is 1.18 bits per heavy atom. The first-order valence-corrected chi connectivity index (χ1v) is 10.7. The minimum atomic E-state index is -0.359. The van der Waals surface area contributed by atoms with Crippen LogP contribution in [0.3, 0.4) is 0 Å². The zero-order chi connectivity index (χ0) is 23.8. The molecule has 1 amide bonds. The van der Waals surface area contributed by atoms with E-state index in [0.717, 1.165) is 34.3 Å². The number of nitrogens with zero attached hydrogens (tertiary/aromatic N) is 4. The Hall–Kier alpha value is -4.47. The molecule has 174 valence electrons. The van der Waals surface area contributed by atoms with Crippen LogP contribution in [0.25, 0.3) is 0 Å². The molecule has 0 saturated carbocycles. The molecular formula is C24H24N6O4. The van der Waals surface area contributed by atoms with Crippen LogP contribution in [0.15, 0.2) is 48.7 Å². The van der Waals surface area contributed by atoms with Gasteiger partial charge < -0.3 is 25.2 Å². The number of ether oxygens (including phenoxy) is 1. The fourth-order valence-electron chi connectivity index (χ4n) is 4.11. The lowest BCUT2D eigenvalue weighted by Crippen LogP contribution is -2.26. The van der Waals surface area contributed by atoms with E-state index in [0.29, 0.717) is 25.5 Å². The standard InChI is InChI=1S/C24H24N6O4/c1-14-7-22(30(28-14)11-15-3-5-18(34-2)6-4-15)26-19-8-17(31)9-21(32)23(19)24(33)29-12-16-10-25-27-20(16)13-29/h3-10,26,31-32H,11-13H2,1-2H3,(H,25,27). The van der Waals surface area contributed by atoms with Gasteiger partial charge in [0.15, 0.2) is 0 Å². The van der Waals surface area contributed by atoms with Crippen LogP contribution in [0, 0.1) is 6.92 Å². The molecule has 5 rings (SSSR count). The molecule has 0 saturated heterocycles. The number of aryl methyl sites for hydroxylation is 1. The van der Waals surface area contributed by atoms with Crippen molar-refractivity contribution in [3.63, 3.8) is 0 Å². The largest absolute Gasteiger partial charge is 0.508 e. The minimum Gasteiger partial charge on any atom is -0.508 e. The summed E-state index contributed by atoms with van der Waals surface area (Å²) >= 11 is 0. The maximum atomic E-state index is 13.4. The van der Waals surface area contributed by atoms with Crippen molar-refractivity contribution in [2.24, 2.45) is 0 Å². The molecule has 1 aliphatic heterocycles. The van der Waals surface area contributed by atoms with Gasteiger partial charge in [0, 0.05) is 30.3 Å². The number of phenols is 2. The number of anilines is 2. The van der Waals surface area contributed by atoms with E-state index in [1.54, 1.807) is 22.9 Å². The number of hydrogen-bond donors (Lipinski definition) is 4. The maximum Gasteiger partial charge on any atom is 0.260 e. The van der Waals surface area contributed by atoms with Crippen molar-refractivity contribution in [3.8, 4) is 17.2 Å². The normalized spacial score (nSPS) is 12.6. The van der Waals surface area contributed by atoms with Crippen molar-refractivity contribution in [2.45, 2.75) is 26.6 Å². The lowest BCUT2D eigenvalue weighted by Gasteiger charge is -2.20. The lowest BCUT2D eigenvalue weighted by atomic mass is 10.1. The average molecular weight is 460 g/mol. The number of benzene rings is 2. The van der Waals surface area contributed by atoms with Gasteiger partial charge in [-0.2, -0.15) is 10.2 Å². The first-order chi connectivity index (χ1) is 16.4. The molecule has 0 radical (unpaired) electrons. The number of hydrogen-bond acceptors (Lipinski definition) is 7. The molecule has 0 atom stereocenters. The summed E-state index contributed by atoms with van der Waals surface area (Å²) in [6, 6.07) is 12.1. The lowest BCUT2D eigenvalue weighted by molar-refractivity contribution is 0.0747. The second-order valence-electron chi connectivity index (χ2n) is 8.22. The van der Waals surface area contributed by atoms with E-state index in [9.17, 15) is 15.0 Å². The SMILES string of the molecule is COc1ccc(Cn2nc(C)cc2Nc2cc(O)cc(O)c2C(=O)N2Cc3cn[nH]c3C2)cc1. The van der Waals surface area contributed by atoms with Crippen LogP contribution in [0.1, 0.15) is 32.9 Å². The van der Waals surface area contributed by atoms with E-state index in [-0.39, 0.29) is 28.7 Å². The van der Waals surface area contributed by atoms with Gasteiger partial charge in [-0.1, -0.05) is 12.1 Å².